The van der Waals surface area contributed by atoms with Gasteiger partial charge in [-0.25, -0.2) is 0 Å². The van der Waals surface area contributed by atoms with E-state index >= 15 is 0 Å². The van der Waals surface area contributed by atoms with Gasteiger partial charge in [0.2, 0.25) is 5.78 Å². The number of rotatable bonds is 6. The number of hydrogen-bond donors (Lipinski definition) is 0. The van der Waals surface area contributed by atoms with E-state index in [2.05, 4.69) is 4.90 Å². The predicted molar refractivity (Wildman–Crippen MR) is 131 cm³/mol. The first-order chi connectivity index (χ1) is 17.0. The molecule has 7 nitrogen and oxygen atoms in total. The van der Waals surface area contributed by atoms with Crippen molar-refractivity contribution in [3.63, 3.8) is 0 Å². The number of ketones is 1. The Labute approximate surface area is 204 Å². The first-order valence-electron chi connectivity index (χ1n) is 11.3. The van der Waals surface area contributed by atoms with Crippen LogP contribution in [-0.2, 0) is 13.1 Å². The predicted octanol–water partition coefficient (Wildman–Crippen LogP) is 4.99. The molecule has 35 heavy (non-hydrogen) atoms. The van der Waals surface area contributed by atoms with Crippen molar-refractivity contribution in [2.45, 2.75) is 20.0 Å². The van der Waals surface area contributed by atoms with Crippen LogP contribution < -0.4 is 23.7 Å². The molecule has 3 aromatic rings. The zero-order valence-electron chi connectivity index (χ0n) is 20.2. The zero-order valence-corrected chi connectivity index (χ0v) is 20.2. The van der Waals surface area contributed by atoms with E-state index in [0.717, 1.165) is 34.7 Å². The van der Waals surface area contributed by atoms with E-state index in [0.29, 0.717) is 41.7 Å². The lowest BCUT2D eigenvalue weighted by atomic mass is 9.99. The quantitative estimate of drug-likeness (QED) is 0.467. The summed E-state index contributed by atoms with van der Waals surface area (Å²) in [6.07, 6.45) is 1.69. The SMILES string of the molecule is COc1ccc(CN2COc3c(cc4c(c3C)O/C(=C\c3cccc(OC)c3OC)C4=O)C2)cc1. The molecule has 0 unspecified atom stereocenters. The van der Waals surface area contributed by atoms with Crippen molar-refractivity contribution in [2.75, 3.05) is 28.1 Å². The van der Waals surface area contributed by atoms with Crippen molar-refractivity contribution in [3.8, 4) is 28.7 Å². The van der Waals surface area contributed by atoms with E-state index in [-0.39, 0.29) is 11.5 Å². The van der Waals surface area contributed by atoms with Crippen molar-refractivity contribution in [1.29, 1.82) is 0 Å². The molecule has 0 saturated heterocycles. The number of methoxy groups -OCH3 is 3. The molecule has 2 aliphatic rings. The van der Waals surface area contributed by atoms with Gasteiger partial charge >= 0.3 is 0 Å². The van der Waals surface area contributed by atoms with Crippen LogP contribution in [0.5, 0.6) is 28.7 Å². The molecule has 3 aromatic carbocycles. The van der Waals surface area contributed by atoms with Crippen molar-refractivity contribution in [1.82, 2.24) is 4.90 Å². The molecule has 0 saturated carbocycles. The van der Waals surface area contributed by atoms with Crippen LogP contribution in [0.15, 0.2) is 54.3 Å². The Bertz CT molecular complexity index is 1310. The van der Waals surface area contributed by atoms with Crippen LogP contribution in [0.1, 0.15) is 32.6 Å². The first-order valence-corrected chi connectivity index (χ1v) is 11.3. The van der Waals surface area contributed by atoms with Crippen LogP contribution in [0.4, 0.5) is 0 Å². The molecule has 0 N–H and O–H groups in total. The minimum atomic E-state index is -0.164. The molecule has 7 heteroatoms. The minimum absolute atomic E-state index is 0.164. The molecule has 0 radical (unpaired) electrons. The molecule has 0 fully saturated rings. The van der Waals surface area contributed by atoms with Crippen LogP contribution >= 0.6 is 0 Å². The molecular weight excluding hydrogens is 446 g/mol. The van der Waals surface area contributed by atoms with E-state index in [1.807, 2.05) is 49.4 Å². The van der Waals surface area contributed by atoms with Gasteiger partial charge in [0.1, 0.15) is 24.0 Å². The van der Waals surface area contributed by atoms with E-state index in [1.54, 1.807) is 33.5 Å². The van der Waals surface area contributed by atoms with Gasteiger partial charge in [0, 0.05) is 29.8 Å². The van der Waals surface area contributed by atoms with Crippen LogP contribution in [-0.4, -0.2) is 38.7 Å². The second kappa shape index (κ2) is 9.35. The number of carbonyl (C=O) groups excluding carboxylic acids is 1. The summed E-state index contributed by atoms with van der Waals surface area (Å²) in [7, 11) is 4.80. The number of nitrogens with zero attached hydrogens (tertiary/aromatic N) is 1. The zero-order chi connectivity index (χ0) is 24.5. The normalized spacial score (nSPS) is 15.8. The molecule has 0 aromatic heterocycles. The Morgan fingerprint density at radius 1 is 1.00 bits per heavy atom. The number of Topliss-reactive ketones (excluding diaryl/α,β-unsaturated/α-hetero) is 1. The second-order valence-corrected chi connectivity index (χ2v) is 8.50. The van der Waals surface area contributed by atoms with Crippen molar-refractivity contribution >= 4 is 11.9 Å². The number of hydrogen-bond acceptors (Lipinski definition) is 7. The summed E-state index contributed by atoms with van der Waals surface area (Å²) in [5.41, 5.74) is 4.21. The van der Waals surface area contributed by atoms with Crippen molar-refractivity contribution < 1.29 is 28.5 Å². The average molecular weight is 474 g/mol. The maximum Gasteiger partial charge on any atom is 0.231 e. The topological polar surface area (TPSA) is 66.5 Å². The Kier molecular flexibility index (Phi) is 6.09. The van der Waals surface area contributed by atoms with Crippen molar-refractivity contribution in [3.05, 3.63) is 82.1 Å². The van der Waals surface area contributed by atoms with Crippen LogP contribution in [0.25, 0.3) is 6.08 Å². The summed E-state index contributed by atoms with van der Waals surface area (Å²) in [4.78, 5) is 15.5. The summed E-state index contributed by atoms with van der Waals surface area (Å²) >= 11 is 0. The van der Waals surface area contributed by atoms with E-state index in [1.165, 1.54) is 0 Å². The fourth-order valence-corrected chi connectivity index (χ4v) is 4.55. The molecule has 0 bridgehead atoms. The highest BCUT2D eigenvalue weighted by atomic mass is 16.5. The Balaban J connectivity index is 1.41. The maximum absolute atomic E-state index is 13.3. The van der Waals surface area contributed by atoms with E-state index < -0.39 is 0 Å². The number of carbonyl (C=O) groups is 1. The Hall–Kier alpha value is -3.97. The number of para-hydroxylation sites is 1. The molecule has 180 valence electrons. The lowest BCUT2D eigenvalue weighted by Gasteiger charge is -2.30. The number of allylic oxidation sites excluding steroid dienone is 1. The monoisotopic (exact) mass is 473 g/mol. The molecule has 5 rings (SSSR count). The van der Waals surface area contributed by atoms with Gasteiger partial charge in [-0.2, -0.15) is 0 Å². The fourth-order valence-electron chi connectivity index (χ4n) is 4.55. The smallest absolute Gasteiger partial charge is 0.231 e. The maximum atomic E-state index is 13.3. The van der Waals surface area contributed by atoms with Gasteiger partial charge in [-0.15, -0.1) is 0 Å². The van der Waals surface area contributed by atoms with Gasteiger partial charge < -0.3 is 23.7 Å². The summed E-state index contributed by atoms with van der Waals surface area (Å²) in [6, 6.07) is 15.4. The summed E-state index contributed by atoms with van der Waals surface area (Å²) < 4.78 is 28.3. The molecule has 0 atom stereocenters. The molecular formula is C28H27NO6. The number of fused-ring (bicyclic) bond motifs is 2. The highest BCUT2D eigenvalue weighted by molar-refractivity contribution is 6.15. The fraction of sp³-hybridized carbons (Fsp3) is 0.250. The summed E-state index contributed by atoms with van der Waals surface area (Å²) in [5, 5.41) is 0. The third-order valence-corrected chi connectivity index (χ3v) is 6.29. The van der Waals surface area contributed by atoms with Gasteiger partial charge in [-0.3, -0.25) is 9.69 Å². The first kappa shape index (κ1) is 22.8. The van der Waals surface area contributed by atoms with Crippen LogP contribution in [0.2, 0.25) is 0 Å². The third-order valence-electron chi connectivity index (χ3n) is 6.29. The molecule has 2 heterocycles. The number of benzene rings is 3. The third kappa shape index (κ3) is 4.19. The molecule has 0 amide bonds. The van der Waals surface area contributed by atoms with E-state index in [9.17, 15) is 4.79 Å². The minimum Gasteiger partial charge on any atom is -0.497 e. The largest absolute Gasteiger partial charge is 0.497 e. The summed E-state index contributed by atoms with van der Waals surface area (Å²) in [5.74, 6) is 3.36. The highest BCUT2D eigenvalue weighted by Crippen LogP contribution is 2.44. The molecule has 0 spiro atoms. The highest BCUT2D eigenvalue weighted by Gasteiger charge is 2.34. The lowest BCUT2D eigenvalue weighted by molar-refractivity contribution is 0.0876. The average Bonchev–Trinajstić information content (AvgIpc) is 3.19. The van der Waals surface area contributed by atoms with Gasteiger partial charge in [-0.05, 0) is 42.8 Å². The Morgan fingerprint density at radius 2 is 1.80 bits per heavy atom. The van der Waals surface area contributed by atoms with Gasteiger partial charge in [-0.1, -0.05) is 24.3 Å². The molecule has 0 aliphatic carbocycles. The summed E-state index contributed by atoms with van der Waals surface area (Å²) in [6.45, 7) is 3.78. The van der Waals surface area contributed by atoms with E-state index in [4.69, 9.17) is 23.7 Å². The number of ether oxygens (including phenoxy) is 5. The van der Waals surface area contributed by atoms with Crippen LogP contribution in [0.3, 0.4) is 0 Å². The Morgan fingerprint density at radius 3 is 2.51 bits per heavy atom. The standard InChI is InChI=1S/C28H27NO6/c1-17-26-20(15-29(16-34-26)14-18-8-10-21(31-2)11-9-18)12-22-25(30)24(35-27(17)22)13-19-6-5-7-23(32-3)28(19)33-4/h5-13H,14-16H2,1-4H3/b24-13-. The van der Waals surface area contributed by atoms with Crippen LogP contribution in [0, 0.1) is 6.92 Å². The van der Waals surface area contributed by atoms with Gasteiger partial charge in [0.05, 0.1) is 26.9 Å². The second-order valence-electron chi connectivity index (χ2n) is 8.50. The van der Waals surface area contributed by atoms with Gasteiger partial charge in [0.25, 0.3) is 0 Å². The lowest BCUT2D eigenvalue weighted by Crippen LogP contribution is -2.32. The molecule has 2 aliphatic heterocycles. The van der Waals surface area contributed by atoms with Crippen molar-refractivity contribution in [2.24, 2.45) is 0 Å². The van der Waals surface area contributed by atoms with Gasteiger partial charge in [0.15, 0.2) is 17.3 Å².